The van der Waals surface area contributed by atoms with E-state index in [1.54, 1.807) is 0 Å². The van der Waals surface area contributed by atoms with Gasteiger partial charge in [-0.3, -0.25) is 9.80 Å². The molecule has 1 saturated heterocycles. The van der Waals surface area contributed by atoms with Crippen molar-refractivity contribution in [3.05, 3.63) is 44.3 Å². The molecule has 3 heterocycles. The molecule has 0 N–H and O–H groups in total. The van der Waals surface area contributed by atoms with Gasteiger partial charge in [0.15, 0.2) is 0 Å². The third-order valence-corrected chi connectivity index (χ3v) is 6.35. The minimum Gasteiger partial charge on any atom is -0.299 e. The van der Waals surface area contributed by atoms with Gasteiger partial charge in [-0.1, -0.05) is 6.07 Å². The highest BCUT2D eigenvalue weighted by molar-refractivity contribution is 7.10. The summed E-state index contributed by atoms with van der Waals surface area (Å²) in [5, 5.41) is 4.51. The van der Waals surface area contributed by atoms with Gasteiger partial charge < -0.3 is 0 Å². The summed E-state index contributed by atoms with van der Waals surface area (Å²) in [6.45, 7) is 7.04. The Morgan fingerprint density at radius 3 is 2.81 bits per heavy atom. The molecule has 2 aromatic rings. The summed E-state index contributed by atoms with van der Waals surface area (Å²) in [5.41, 5.74) is 1.49. The molecule has 0 saturated carbocycles. The van der Waals surface area contributed by atoms with Crippen molar-refractivity contribution in [1.82, 2.24) is 9.80 Å². The maximum Gasteiger partial charge on any atom is 0.0414 e. The minimum atomic E-state index is 0.495. The second kappa shape index (κ2) is 7.05. The fraction of sp³-hybridized carbons (Fsp3) is 0.529. The van der Waals surface area contributed by atoms with E-state index in [1.165, 1.54) is 41.2 Å². The molecule has 4 heteroatoms. The van der Waals surface area contributed by atoms with Crippen molar-refractivity contribution in [3.63, 3.8) is 0 Å². The Bertz CT molecular complexity index is 541. The number of rotatable bonds is 6. The van der Waals surface area contributed by atoms with Crippen LogP contribution in [0.1, 0.15) is 41.1 Å². The summed E-state index contributed by atoms with van der Waals surface area (Å²) in [5.74, 6) is 0. The van der Waals surface area contributed by atoms with Crippen LogP contribution in [0.15, 0.2) is 29.0 Å². The molecule has 114 valence electrons. The van der Waals surface area contributed by atoms with E-state index >= 15 is 0 Å². The van der Waals surface area contributed by atoms with Crippen LogP contribution < -0.4 is 0 Å². The number of nitrogens with zero attached hydrogens (tertiary/aromatic N) is 2. The molecule has 1 aliphatic heterocycles. The van der Waals surface area contributed by atoms with E-state index in [4.69, 9.17) is 0 Å². The van der Waals surface area contributed by atoms with Gasteiger partial charge in [0, 0.05) is 28.9 Å². The zero-order chi connectivity index (χ0) is 14.7. The maximum absolute atomic E-state index is 2.57. The topological polar surface area (TPSA) is 6.48 Å². The van der Waals surface area contributed by atoms with Crippen molar-refractivity contribution in [3.8, 4) is 0 Å². The van der Waals surface area contributed by atoms with Crippen LogP contribution in [0.2, 0.25) is 0 Å². The molecular formula is C17H24N2S2. The standard InChI is InChI=1S/C17H24N2S2/c1-14(17-6-5-9-20-17)18(2)12-16-10-15(13-21-16)11-19-7-3-4-8-19/h5-6,9-10,13-14H,3-4,7-8,11-12H2,1-2H3/t14-/m0/s1. The Labute approximate surface area is 136 Å². The van der Waals surface area contributed by atoms with Crippen LogP contribution in [0.3, 0.4) is 0 Å². The van der Waals surface area contributed by atoms with E-state index in [0.717, 1.165) is 13.1 Å². The zero-order valence-electron chi connectivity index (χ0n) is 12.9. The lowest BCUT2D eigenvalue weighted by Gasteiger charge is -2.23. The molecule has 1 aliphatic rings. The van der Waals surface area contributed by atoms with Crippen molar-refractivity contribution < 1.29 is 0 Å². The average Bonchev–Trinajstić information content (AvgIpc) is 3.20. The van der Waals surface area contributed by atoms with E-state index < -0.39 is 0 Å². The highest BCUT2D eigenvalue weighted by atomic mass is 32.1. The van der Waals surface area contributed by atoms with Crippen molar-refractivity contribution in [1.29, 1.82) is 0 Å². The first kappa shape index (κ1) is 15.2. The molecule has 1 atom stereocenters. The van der Waals surface area contributed by atoms with Crippen molar-refractivity contribution in [2.75, 3.05) is 20.1 Å². The van der Waals surface area contributed by atoms with E-state index in [0.29, 0.717) is 6.04 Å². The van der Waals surface area contributed by atoms with Crippen LogP contribution in [0.4, 0.5) is 0 Å². The first-order chi connectivity index (χ1) is 10.2. The highest BCUT2D eigenvalue weighted by Gasteiger charge is 2.15. The van der Waals surface area contributed by atoms with Crippen LogP contribution in [0, 0.1) is 0 Å². The third-order valence-electron chi connectivity index (χ3n) is 4.33. The van der Waals surface area contributed by atoms with Gasteiger partial charge in [0.1, 0.15) is 0 Å². The predicted octanol–water partition coefficient (Wildman–Crippen LogP) is 4.60. The summed E-state index contributed by atoms with van der Waals surface area (Å²) >= 11 is 3.76. The Morgan fingerprint density at radius 1 is 1.29 bits per heavy atom. The van der Waals surface area contributed by atoms with Crippen LogP contribution in [-0.2, 0) is 13.1 Å². The summed E-state index contributed by atoms with van der Waals surface area (Å²) in [6, 6.07) is 7.28. The Hall–Kier alpha value is -0.680. The van der Waals surface area contributed by atoms with Gasteiger partial charge in [-0.25, -0.2) is 0 Å². The summed E-state index contributed by atoms with van der Waals surface area (Å²) in [4.78, 5) is 7.95. The lowest BCUT2D eigenvalue weighted by Crippen LogP contribution is -2.20. The predicted molar refractivity (Wildman–Crippen MR) is 93.0 cm³/mol. The molecule has 3 rings (SSSR count). The number of thiophene rings is 2. The zero-order valence-corrected chi connectivity index (χ0v) is 14.6. The highest BCUT2D eigenvalue weighted by Crippen LogP contribution is 2.26. The molecule has 0 spiro atoms. The van der Waals surface area contributed by atoms with Gasteiger partial charge in [0.05, 0.1) is 0 Å². The third kappa shape index (κ3) is 3.95. The molecule has 0 radical (unpaired) electrons. The Morgan fingerprint density at radius 2 is 2.10 bits per heavy atom. The normalized spacial score (nSPS) is 17.7. The Balaban J connectivity index is 1.56. The first-order valence-corrected chi connectivity index (χ1v) is 9.50. The van der Waals surface area contributed by atoms with Gasteiger partial charge in [-0.15, -0.1) is 22.7 Å². The molecule has 0 aliphatic carbocycles. The van der Waals surface area contributed by atoms with E-state index in [-0.39, 0.29) is 0 Å². The minimum absolute atomic E-state index is 0.495. The maximum atomic E-state index is 2.57. The number of hydrogen-bond acceptors (Lipinski definition) is 4. The monoisotopic (exact) mass is 320 g/mol. The number of hydrogen-bond donors (Lipinski definition) is 0. The molecule has 2 nitrogen and oxygen atoms in total. The summed E-state index contributed by atoms with van der Waals surface area (Å²) in [6.07, 6.45) is 2.75. The molecule has 0 bridgehead atoms. The molecule has 2 aromatic heterocycles. The van der Waals surface area contributed by atoms with E-state index in [1.807, 2.05) is 22.7 Å². The smallest absolute Gasteiger partial charge is 0.0414 e. The average molecular weight is 321 g/mol. The summed E-state index contributed by atoms with van der Waals surface area (Å²) < 4.78 is 0. The van der Waals surface area contributed by atoms with Gasteiger partial charge in [0.25, 0.3) is 0 Å². The molecule has 0 amide bonds. The van der Waals surface area contributed by atoms with E-state index in [2.05, 4.69) is 52.7 Å². The van der Waals surface area contributed by atoms with Crippen molar-refractivity contribution in [2.45, 2.75) is 38.9 Å². The second-order valence-electron chi connectivity index (χ2n) is 6.01. The number of likely N-dealkylation sites (tertiary alicyclic amines) is 1. The molecule has 21 heavy (non-hydrogen) atoms. The van der Waals surface area contributed by atoms with Crippen LogP contribution in [0.25, 0.3) is 0 Å². The van der Waals surface area contributed by atoms with Crippen LogP contribution >= 0.6 is 22.7 Å². The van der Waals surface area contributed by atoms with Crippen molar-refractivity contribution in [2.24, 2.45) is 0 Å². The second-order valence-corrected chi connectivity index (χ2v) is 7.99. The van der Waals surface area contributed by atoms with Gasteiger partial charge >= 0.3 is 0 Å². The Kier molecular flexibility index (Phi) is 5.11. The van der Waals surface area contributed by atoms with Crippen LogP contribution in [0.5, 0.6) is 0 Å². The molecule has 0 aromatic carbocycles. The van der Waals surface area contributed by atoms with Gasteiger partial charge in [0.2, 0.25) is 0 Å². The molecular weight excluding hydrogens is 296 g/mol. The van der Waals surface area contributed by atoms with Crippen LogP contribution in [-0.4, -0.2) is 29.9 Å². The molecule has 1 fully saturated rings. The fourth-order valence-electron chi connectivity index (χ4n) is 2.92. The van der Waals surface area contributed by atoms with Crippen molar-refractivity contribution >= 4 is 22.7 Å². The van der Waals surface area contributed by atoms with E-state index in [9.17, 15) is 0 Å². The first-order valence-electron chi connectivity index (χ1n) is 7.74. The summed E-state index contributed by atoms with van der Waals surface area (Å²) in [7, 11) is 2.23. The molecule has 0 unspecified atom stereocenters. The lowest BCUT2D eigenvalue weighted by atomic mass is 10.2. The quantitative estimate of drug-likeness (QED) is 0.767. The SMILES string of the molecule is C[C@@H](c1cccs1)N(C)Cc1cc(CN2CCCC2)cs1. The lowest BCUT2D eigenvalue weighted by molar-refractivity contribution is 0.258. The largest absolute Gasteiger partial charge is 0.299 e. The fourth-order valence-corrected chi connectivity index (χ4v) is 4.71. The van der Waals surface area contributed by atoms with Gasteiger partial charge in [-0.2, -0.15) is 0 Å². The van der Waals surface area contributed by atoms with Gasteiger partial charge in [-0.05, 0) is 68.4 Å².